The van der Waals surface area contributed by atoms with Crippen molar-refractivity contribution in [3.05, 3.63) is 51.1 Å². The van der Waals surface area contributed by atoms with E-state index in [0.29, 0.717) is 38.5 Å². The van der Waals surface area contributed by atoms with Gasteiger partial charge in [-0.15, -0.1) is 11.8 Å². The van der Waals surface area contributed by atoms with E-state index in [1.165, 1.54) is 11.8 Å². The number of thioether (sulfide) groups is 1. The molecule has 1 aromatic carbocycles. The highest BCUT2D eigenvalue weighted by molar-refractivity contribution is 7.99. The molecule has 1 amide bonds. The molecule has 1 heterocycles. The van der Waals surface area contributed by atoms with Gasteiger partial charge in [-0.1, -0.05) is 23.2 Å². The van der Waals surface area contributed by atoms with E-state index in [0.717, 1.165) is 11.3 Å². The number of aromatic nitrogens is 1. The van der Waals surface area contributed by atoms with Gasteiger partial charge < -0.3 is 5.32 Å². The maximum Gasteiger partial charge on any atom is 0.225 e. The van der Waals surface area contributed by atoms with E-state index >= 15 is 0 Å². The monoisotopic (exact) mass is 379 g/mol. The number of halogens is 2. The van der Waals surface area contributed by atoms with Crippen LogP contribution in [0, 0.1) is 25.2 Å². The summed E-state index contributed by atoms with van der Waals surface area (Å²) in [6.45, 7) is 3.77. The molecule has 0 aliphatic heterocycles. The molecule has 1 aromatic heterocycles. The third-order valence-electron chi connectivity index (χ3n) is 3.19. The summed E-state index contributed by atoms with van der Waals surface area (Å²) in [5.74, 6) is 0.390. The first-order chi connectivity index (χ1) is 11.4. The van der Waals surface area contributed by atoms with Crippen molar-refractivity contribution in [3.63, 3.8) is 0 Å². The molecule has 2 aromatic rings. The standard InChI is InChI=1S/C17H15Cl2N3OS/c1-10-7-11(2)21-17(13(10)9-20)24-6-5-16(23)22-12-3-4-14(18)15(19)8-12/h3-4,7-8H,5-6H2,1-2H3,(H,22,23). The van der Waals surface area contributed by atoms with Gasteiger partial charge in [0.05, 0.1) is 15.6 Å². The number of amides is 1. The maximum absolute atomic E-state index is 12.0. The first-order valence-corrected chi connectivity index (χ1v) is 8.91. The average molecular weight is 380 g/mol. The minimum Gasteiger partial charge on any atom is -0.326 e. The molecule has 0 aliphatic rings. The predicted octanol–water partition coefficient (Wildman–Crippen LogP) is 5.00. The number of carbonyl (C=O) groups excluding carboxylic acids is 1. The first-order valence-electron chi connectivity index (χ1n) is 7.16. The minimum atomic E-state index is -0.135. The van der Waals surface area contributed by atoms with Crippen LogP contribution in [0.2, 0.25) is 10.0 Å². The van der Waals surface area contributed by atoms with Crippen LogP contribution < -0.4 is 5.32 Å². The topological polar surface area (TPSA) is 65.8 Å². The number of nitrogens with one attached hydrogen (secondary N) is 1. The van der Waals surface area contributed by atoms with E-state index in [4.69, 9.17) is 23.2 Å². The van der Waals surface area contributed by atoms with Crippen LogP contribution >= 0.6 is 35.0 Å². The van der Waals surface area contributed by atoms with E-state index < -0.39 is 0 Å². The zero-order valence-corrected chi connectivity index (χ0v) is 15.5. The number of carbonyl (C=O) groups is 1. The smallest absolute Gasteiger partial charge is 0.225 e. The van der Waals surface area contributed by atoms with Gasteiger partial charge in [-0.2, -0.15) is 5.26 Å². The fourth-order valence-corrected chi connectivity index (χ4v) is 3.42. The summed E-state index contributed by atoms with van der Waals surface area (Å²) in [6, 6.07) is 8.97. The second-order valence-corrected chi connectivity index (χ2v) is 7.05. The van der Waals surface area contributed by atoms with Crippen molar-refractivity contribution >= 4 is 46.6 Å². The zero-order valence-electron chi connectivity index (χ0n) is 13.2. The molecule has 0 saturated carbocycles. The van der Waals surface area contributed by atoms with Crippen LogP contribution in [0.25, 0.3) is 0 Å². The molecule has 0 radical (unpaired) electrons. The Bertz CT molecular complexity index is 818. The molecule has 0 bridgehead atoms. The van der Waals surface area contributed by atoms with E-state index in [9.17, 15) is 10.1 Å². The van der Waals surface area contributed by atoms with Gasteiger partial charge in [-0.05, 0) is 43.7 Å². The van der Waals surface area contributed by atoms with Gasteiger partial charge in [0.25, 0.3) is 0 Å². The van der Waals surface area contributed by atoms with Gasteiger partial charge in [0.15, 0.2) is 0 Å². The molecule has 1 N–H and O–H groups in total. The fraction of sp³-hybridized carbons (Fsp3) is 0.235. The number of nitrogens with zero attached hydrogens (tertiary/aromatic N) is 2. The Hall–Kier alpha value is -1.74. The van der Waals surface area contributed by atoms with Gasteiger partial charge >= 0.3 is 0 Å². The summed E-state index contributed by atoms with van der Waals surface area (Å²) in [7, 11) is 0. The third kappa shape index (κ3) is 4.88. The van der Waals surface area contributed by atoms with E-state index in [1.54, 1.807) is 18.2 Å². The van der Waals surface area contributed by atoms with Gasteiger partial charge in [0, 0.05) is 23.6 Å². The lowest BCUT2D eigenvalue weighted by molar-refractivity contribution is -0.115. The second-order valence-electron chi connectivity index (χ2n) is 5.15. The van der Waals surface area contributed by atoms with Gasteiger partial charge in [0.1, 0.15) is 11.1 Å². The Kier molecular flexibility index (Phi) is 6.50. The zero-order chi connectivity index (χ0) is 17.7. The lowest BCUT2D eigenvalue weighted by atomic mass is 10.1. The fourth-order valence-electron chi connectivity index (χ4n) is 2.08. The van der Waals surface area contributed by atoms with Crippen molar-refractivity contribution in [2.45, 2.75) is 25.3 Å². The first kappa shape index (κ1) is 18.6. The maximum atomic E-state index is 12.0. The van der Waals surface area contributed by atoms with Crippen molar-refractivity contribution in [1.82, 2.24) is 4.98 Å². The molecule has 24 heavy (non-hydrogen) atoms. The number of aryl methyl sites for hydroxylation is 2. The van der Waals surface area contributed by atoms with E-state index in [-0.39, 0.29) is 5.91 Å². The highest BCUT2D eigenvalue weighted by Crippen LogP contribution is 2.26. The van der Waals surface area contributed by atoms with E-state index in [2.05, 4.69) is 16.4 Å². The number of nitriles is 1. The van der Waals surface area contributed by atoms with Crippen molar-refractivity contribution in [3.8, 4) is 6.07 Å². The lowest BCUT2D eigenvalue weighted by Gasteiger charge is -2.08. The third-order valence-corrected chi connectivity index (χ3v) is 4.91. The van der Waals surface area contributed by atoms with Gasteiger partial charge in [0.2, 0.25) is 5.91 Å². The summed E-state index contributed by atoms with van der Waals surface area (Å²) in [6.07, 6.45) is 0.296. The number of rotatable bonds is 5. The molecule has 2 rings (SSSR count). The number of hydrogen-bond donors (Lipinski definition) is 1. The molecular weight excluding hydrogens is 365 g/mol. The SMILES string of the molecule is Cc1cc(C)c(C#N)c(SCCC(=O)Nc2ccc(Cl)c(Cl)c2)n1. The number of benzene rings is 1. The van der Waals surface area contributed by atoms with Crippen molar-refractivity contribution in [1.29, 1.82) is 5.26 Å². The Labute approximate surface area is 155 Å². The van der Waals surface area contributed by atoms with Crippen LogP contribution in [0.15, 0.2) is 29.3 Å². The molecule has 0 unspecified atom stereocenters. The Balaban J connectivity index is 1.93. The molecule has 7 heteroatoms. The van der Waals surface area contributed by atoms with Crippen molar-refractivity contribution in [2.75, 3.05) is 11.1 Å². The van der Waals surface area contributed by atoms with Crippen LogP contribution in [0.1, 0.15) is 23.2 Å². The summed E-state index contributed by atoms with van der Waals surface area (Å²) >= 11 is 13.2. The molecule has 0 saturated heterocycles. The normalized spacial score (nSPS) is 10.3. The summed E-state index contributed by atoms with van der Waals surface area (Å²) in [5, 5.41) is 13.5. The molecule has 0 fully saturated rings. The Morgan fingerprint density at radius 2 is 2.04 bits per heavy atom. The largest absolute Gasteiger partial charge is 0.326 e. The molecule has 0 spiro atoms. The van der Waals surface area contributed by atoms with Crippen LogP contribution in [0.5, 0.6) is 0 Å². The van der Waals surface area contributed by atoms with Gasteiger partial charge in [-0.25, -0.2) is 4.98 Å². The summed E-state index contributed by atoms with van der Waals surface area (Å²) in [4.78, 5) is 16.4. The molecule has 0 atom stereocenters. The van der Waals surface area contributed by atoms with Crippen molar-refractivity contribution < 1.29 is 4.79 Å². The quantitative estimate of drug-likeness (QED) is 0.742. The van der Waals surface area contributed by atoms with Crippen LogP contribution in [0.3, 0.4) is 0 Å². The van der Waals surface area contributed by atoms with Crippen molar-refractivity contribution in [2.24, 2.45) is 0 Å². The summed E-state index contributed by atoms with van der Waals surface area (Å²) < 4.78 is 0. The molecule has 0 aliphatic carbocycles. The minimum absolute atomic E-state index is 0.135. The Morgan fingerprint density at radius 1 is 1.29 bits per heavy atom. The molecule has 4 nitrogen and oxygen atoms in total. The lowest BCUT2D eigenvalue weighted by Crippen LogP contribution is -2.12. The van der Waals surface area contributed by atoms with E-state index in [1.807, 2.05) is 19.9 Å². The molecule has 124 valence electrons. The van der Waals surface area contributed by atoms with Crippen LogP contribution in [0.4, 0.5) is 5.69 Å². The summed E-state index contributed by atoms with van der Waals surface area (Å²) in [5.41, 5.74) is 2.92. The average Bonchev–Trinajstić information content (AvgIpc) is 2.50. The van der Waals surface area contributed by atoms with Crippen LogP contribution in [-0.2, 0) is 4.79 Å². The Morgan fingerprint density at radius 3 is 2.71 bits per heavy atom. The highest BCUT2D eigenvalue weighted by Gasteiger charge is 2.11. The molecular formula is C17H15Cl2N3OS. The number of pyridine rings is 1. The predicted molar refractivity (Wildman–Crippen MR) is 98.9 cm³/mol. The van der Waals surface area contributed by atoms with Gasteiger partial charge in [-0.3, -0.25) is 4.79 Å². The number of anilines is 1. The highest BCUT2D eigenvalue weighted by atomic mass is 35.5. The second kappa shape index (κ2) is 8.39. The van der Waals surface area contributed by atoms with Crippen LogP contribution in [-0.4, -0.2) is 16.6 Å². The number of hydrogen-bond acceptors (Lipinski definition) is 4.